The summed E-state index contributed by atoms with van der Waals surface area (Å²) < 4.78 is 38.7. The summed E-state index contributed by atoms with van der Waals surface area (Å²) in [7, 11) is 0. The summed E-state index contributed by atoms with van der Waals surface area (Å²) in [6.45, 7) is 2.93. The summed E-state index contributed by atoms with van der Waals surface area (Å²) in [4.78, 5) is 1.18. The molecule has 1 N–H and O–H groups in total. The lowest BCUT2D eigenvalue weighted by Crippen LogP contribution is -2.13. The lowest BCUT2D eigenvalue weighted by Gasteiger charge is -2.05. The van der Waals surface area contributed by atoms with Gasteiger partial charge in [-0.3, -0.25) is 0 Å². The number of halogens is 3. The molecule has 0 bridgehead atoms. The van der Waals surface area contributed by atoms with Crippen molar-refractivity contribution < 1.29 is 13.2 Å². The molecule has 2 rings (SSSR count). The van der Waals surface area contributed by atoms with Crippen LogP contribution in [0.3, 0.4) is 0 Å². The van der Waals surface area contributed by atoms with Gasteiger partial charge in [-0.25, -0.2) is 13.2 Å². The Balaban J connectivity index is 1.97. The van der Waals surface area contributed by atoms with Crippen molar-refractivity contribution >= 4 is 11.3 Å². The third kappa shape index (κ3) is 2.91. The minimum atomic E-state index is -1.42. The molecule has 1 heterocycles. The zero-order valence-corrected chi connectivity index (χ0v) is 10.6. The molecule has 0 amide bonds. The summed E-state index contributed by atoms with van der Waals surface area (Å²) in [5.41, 5.74) is 1.57. The van der Waals surface area contributed by atoms with Crippen molar-refractivity contribution in [3.05, 3.63) is 57.0 Å². The first kappa shape index (κ1) is 13.1. The Labute approximate surface area is 107 Å². The highest BCUT2D eigenvalue weighted by Crippen LogP contribution is 2.16. The molecule has 0 saturated carbocycles. The van der Waals surface area contributed by atoms with Crippen LogP contribution in [0.15, 0.2) is 23.6 Å². The summed E-state index contributed by atoms with van der Waals surface area (Å²) in [6, 6.07) is 4.03. The van der Waals surface area contributed by atoms with Gasteiger partial charge in [0.15, 0.2) is 17.5 Å². The molecule has 0 fully saturated rings. The van der Waals surface area contributed by atoms with Gasteiger partial charge < -0.3 is 5.32 Å². The second kappa shape index (κ2) is 5.54. The summed E-state index contributed by atoms with van der Waals surface area (Å²) in [5.74, 6) is -3.73. The second-order valence-electron chi connectivity index (χ2n) is 4.00. The number of benzene rings is 1. The van der Waals surface area contributed by atoms with Crippen LogP contribution in [-0.4, -0.2) is 0 Å². The van der Waals surface area contributed by atoms with E-state index in [4.69, 9.17) is 0 Å². The minimum Gasteiger partial charge on any atom is -0.308 e. The molecule has 0 aliphatic rings. The quantitative estimate of drug-likeness (QED) is 0.835. The largest absolute Gasteiger partial charge is 0.308 e. The van der Waals surface area contributed by atoms with Crippen LogP contribution in [0.25, 0.3) is 0 Å². The molecule has 0 atom stereocenters. The summed E-state index contributed by atoms with van der Waals surface area (Å²) in [5, 5.41) is 5.06. The van der Waals surface area contributed by atoms with Crippen LogP contribution in [0.5, 0.6) is 0 Å². The molecule has 1 nitrogen and oxygen atoms in total. The Morgan fingerprint density at radius 3 is 2.33 bits per heavy atom. The van der Waals surface area contributed by atoms with E-state index in [1.54, 1.807) is 11.3 Å². The molecule has 1 aromatic heterocycles. The molecule has 18 heavy (non-hydrogen) atoms. The lowest BCUT2D eigenvalue weighted by atomic mass is 10.2. The zero-order chi connectivity index (χ0) is 13.1. The zero-order valence-electron chi connectivity index (χ0n) is 9.77. The second-order valence-corrected chi connectivity index (χ2v) is 5.00. The van der Waals surface area contributed by atoms with Crippen LogP contribution in [0.1, 0.15) is 16.0 Å². The van der Waals surface area contributed by atoms with Gasteiger partial charge in [0.05, 0.1) is 0 Å². The molecule has 0 unspecified atom stereocenters. The molecule has 0 spiro atoms. The van der Waals surface area contributed by atoms with Crippen LogP contribution in [0.4, 0.5) is 13.2 Å². The normalized spacial score (nSPS) is 10.9. The predicted molar refractivity (Wildman–Crippen MR) is 65.9 cm³/mol. The summed E-state index contributed by atoms with van der Waals surface area (Å²) in [6.07, 6.45) is 0. The molecule has 96 valence electrons. The average Bonchev–Trinajstić information content (AvgIpc) is 2.72. The van der Waals surface area contributed by atoms with Gasteiger partial charge in [0.2, 0.25) is 0 Å². The number of nitrogens with one attached hydrogen (secondary N) is 1. The standard InChI is InChI=1S/C13H12F3NS/c1-8-2-3-18-12(8)7-17-6-9-4-10(14)13(16)11(15)5-9/h2-5,17H,6-7H2,1H3. The molecule has 2 aromatic rings. The SMILES string of the molecule is Cc1ccsc1CNCc1cc(F)c(F)c(F)c1. The van der Waals surface area contributed by atoms with Gasteiger partial charge in [0, 0.05) is 18.0 Å². The highest BCUT2D eigenvalue weighted by Gasteiger charge is 2.10. The van der Waals surface area contributed by atoms with Crippen molar-refractivity contribution in [1.82, 2.24) is 5.32 Å². The van der Waals surface area contributed by atoms with E-state index in [-0.39, 0.29) is 0 Å². The minimum absolute atomic E-state index is 0.297. The van der Waals surface area contributed by atoms with Crippen molar-refractivity contribution in [3.63, 3.8) is 0 Å². The Hall–Kier alpha value is -1.33. The van der Waals surface area contributed by atoms with Crippen LogP contribution in [-0.2, 0) is 13.1 Å². The Kier molecular flexibility index (Phi) is 4.04. The van der Waals surface area contributed by atoms with Crippen molar-refractivity contribution in [2.24, 2.45) is 0 Å². The average molecular weight is 271 g/mol. The van der Waals surface area contributed by atoms with Crippen molar-refractivity contribution in [2.45, 2.75) is 20.0 Å². The molecule has 1 aromatic carbocycles. The van der Waals surface area contributed by atoms with E-state index >= 15 is 0 Å². The molecule has 0 saturated heterocycles. The summed E-state index contributed by atoms with van der Waals surface area (Å²) >= 11 is 1.62. The number of aryl methyl sites for hydroxylation is 1. The first-order valence-corrected chi connectivity index (χ1v) is 6.33. The lowest BCUT2D eigenvalue weighted by molar-refractivity contribution is 0.444. The van der Waals surface area contributed by atoms with Gasteiger partial charge in [-0.05, 0) is 41.6 Å². The smallest absolute Gasteiger partial charge is 0.194 e. The highest BCUT2D eigenvalue weighted by atomic mass is 32.1. The van der Waals surface area contributed by atoms with Gasteiger partial charge in [-0.1, -0.05) is 0 Å². The maximum Gasteiger partial charge on any atom is 0.194 e. The van der Waals surface area contributed by atoms with E-state index in [0.29, 0.717) is 18.7 Å². The van der Waals surface area contributed by atoms with E-state index in [1.807, 2.05) is 18.4 Å². The maximum atomic E-state index is 13.0. The van der Waals surface area contributed by atoms with E-state index in [1.165, 1.54) is 10.4 Å². The van der Waals surface area contributed by atoms with Crippen molar-refractivity contribution in [2.75, 3.05) is 0 Å². The van der Waals surface area contributed by atoms with Gasteiger partial charge in [-0.2, -0.15) is 0 Å². The van der Waals surface area contributed by atoms with Crippen molar-refractivity contribution in [1.29, 1.82) is 0 Å². The molecular formula is C13H12F3NS. The fourth-order valence-electron chi connectivity index (χ4n) is 1.62. The number of hydrogen-bond acceptors (Lipinski definition) is 2. The highest BCUT2D eigenvalue weighted by molar-refractivity contribution is 7.10. The van der Waals surface area contributed by atoms with Crippen LogP contribution in [0, 0.1) is 24.4 Å². The molecule has 0 aliphatic heterocycles. The molecule has 5 heteroatoms. The Bertz CT molecular complexity index is 528. The topological polar surface area (TPSA) is 12.0 Å². The van der Waals surface area contributed by atoms with Gasteiger partial charge in [0.1, 0.15) is 0 Å². The molecule has 0 radical (unpaired) electrons. The Morgan fingerprint density at radius 1 is 1.11 bits per heavy atom. The van der Waals surface area contributed by atoms with Crippen LogP contribution < -0.4 is 5.32 Å². The fourth-order valence-corrected chi connectivity index (χ4v) is 2.49. The van der Waals surface area contributed by atoms with Gasteiger partial charge >= 0.3 is 0 Å². The van der Waals surface area contributed by atoms with E-state index < -0.39 is 17.5 Å². The number of thiophene rings is 1. The third-order valence-corrected chi connectivity index (χ3v) is 3.65. The van der Waals surface area contributed by atoms with E-state index in [9.17, 15) is 13.2 Å². The molecular weight excluding hydrogens is 259 g/mol. The van der Waals surface area contributed by atoms with E-state index in [0.717, 1.165) is 12.1 Å². The molecule has 0 aliphatic carbocycles. The fraction of sp³-hybridized carbons (Fsp3) is 0.231. The number of rotatable bonds is 4. The van der Waals surface area contributed by atoms with Crippen LogP contribution >= 0.6 is 11.3 Å². The third-order valence-electron chi connectivity index (χ3n) is 2.63. The Morgan fingerprint density at radius 2 is 1.78 bits per heavy atom. The van der Waals surface area contributed by atoms with Gasteiger partial charge in [0.25, 0.3) is 0 Å². The first-order chi connectivity index (χ1) is 8.58. The predicted octanol–water partition coefficient (Wildman–Crippen LogP) is 3.76. The monoisotopic (exact) mass is 271 g/mol. The van der Waals surface area contributed by atoms with Gasteiger partial charge in [-0.15, -0.1) is 11.3 Å². The van der Waals surface area contributed by atoms with Crippen molar-refractivity contribution in [3.8, 4) is 0 Å². The number of hydrogen-bond donors (Lipinski definition) is 1. The van der Waals surface area contributed by atoms with E-state index in [2.05, 4.69) is 5.32 Å². The first-order valence-electron chi connectivity index (χ1n) is 5.45. The maximum absolute atomic E-state index is 13.0. The van der Waals surface area contributed by atoms with Crippen LogP contribution in [0.2, 0.25) is 0 Å².